The largest absolute Gasteiger partial charge is 0.365 e. The number of imidazole rings is 1. The minimum Gasteiger partial charge on any atom is -0.365 e. The maximum absolute atomic E-state index is 4.34. The predicted molar refractivity (Wildman–Crippen MR) is 79.0 cm³/mol. The van der Waals surface area contributed by atoms with Gasteiger partial charge < -0.3 is 10.3 Å². The summed E-state index contributed by atoms with van der Waals surface area (Å²) in [6.45, 7) is 2.25. The number of nitrogens with one attached hydrogen (secondary N) is 2. The molecule has 0 amide bonds. The molecule has 1 aliphatic rings. The lowest BCUT2D eigenvalue weighted by atomic mass is 9.84. The lowest BCUT2D eigenvalue weighted by Gasteiger charge is -2.28. The summed E-state index contributed by atoms with van der Waals surface area (Å²) in [6.07, 6.45) is 8.28. The summed E-state index contributed by atoms with van der Waals surface area (Å²) < 4.78 is 0.691. The number of hydrogen-bond acceptors (Lipinski definition) is 4. The number of nitrogens with zero attached hydrogens (tertiary/aromatic N) is 3. The molecule has 19 heavy (non-hydrogen) atoms. The number of hydrogen-bond donors (Lipinski definition) is 2. The fourth-order valence-corrected chi connectivity index (χ4v) is 3.24. The minimum atomic E-state index is 0.431. The fraction of sp³-hybridized carbons (Fsp3) is 0.615. The van der Waals surface area contributed by atoms with Crippen molar-refractivity contribution in [2.75, 3.05) is 5.32 Å². The molecule has 2 aromatic rings. The molecule has 3 rings (SSSR count). The van der Waals surface area contributed by atoms with E-state index < -0.39 is 0 Å². The topological polar surface area (TPSA) is 66.5 Å². The second kappa shape index (κ2) is 5.45. The molecule has 2 aromatic heterocycles. The third kappa shape index (κ3) is 2.73. The van der Waals surface area contributed by atoms with E-state index in [0.29, 0.717) is 16.4 Å². The molecule has 102 valence electrons. The summed E-state index contributed by atoms with van der Waals surface area (Å²) in [6, 6.07) is 0.431. The first-order valence-corrected chi connectivity index (χ1v) is 7.66. The molecule has 0 aromatic carbocycles. The molecule has 0 spiro atoms. The molecule has 0 saturated heterocycles. The zero-order valence-corrected chi connectivity index (χ0v) is 12.6. The van der Waals surface area contributed by atoms with Gasteiger partial charge in [-0.25, -0.2) is 15.0 Å². The Kier molecular flexibility index (Phi) is 3.68. The Bertz CT molecular complexity index is 561. The molecule has 1 aliphatic carbocycles. The first-order chi connectivity index (χ1) is 9.24. The van der Waals surface area contributed by atoms with Crippen molar-refractivity contribution in [3.8, 4) is 0 Å². The number of aromatic nitrogens is 4. The van der Waals surface area contributed by atoms with Crippen LogP contribution in [0.3, 0.4) is 0 Å². The van der Waals surface area contributed by atoms with Crippen molar-refractivity contribution >= 4 is 32.9 Å². The van der Waals surface area contributed by atoms with Crippen molar-refractivity contribution in [1.82, 2.24) is 19.9 Å². The quantitative estimate of drug-likeness (QED) is 0.848. The van der Waals surface area contributed by atoms with Crippen LogP contribution in [-0.2, 0) is 0 Å². The van der Waals surface area contributed by atoms with Gasteiger partial charge >= 0.3 is 0 Å². The fourth-order valence-electron chi connectivity index (χ4n) is 2.88. The molecule has 5 nitrogen and oxygen atoms in total. The molecule has 2 N–H and O–H groups in total. The Balaban J connectivity index is 1.80. The van der Waals surface area contributed by atoms with Crippen LogP contribution in [0.4, 0.5) is 5.82 Å². The standard InChI is InChI=1S/C13H18BrN5/c1-8(9-5-3-2-4-6-9)17-11-10-12(16-7-15-11)19-13(14)18-10/h7-9H,2-6H2,1H3,(H2,15,16,17,18,19). The van der Waals surface area contributed by atoms with Crippen LogP contribution >= 0.6 is 15.9 Å². The number of anilines is 1. The van der Waals surface area contributed by atoms with E-state index in [-0.39, 0.29) is 0 Å². The Morgan fingerprint density at radius 2 is 2.11 bits per heavy atom. The van der Waals surface area contributed by atoms with Crippen LogP contribution in [0.25, 0.3) is 11.2 Å². The van der Waals surface area contributed by atoms with E-state index in [9.17, 15) is 0 Å². The van der Waals surface area contributed by atoms with Crippen LogP contribution in [0.15, 0.2) is 11.1 Å². The number of aromatic amines is 1. The molecule has 0 bridgehead atoms. The summed E-state index contributed by atoms with van der Waals surface area (Å²) >= 11 is 3.34. The van der Waals surface area contributed by atoms with Gasteiger partial charge in [0, 0.05) is 6.04 Å². The van der Waals surface area contributed by atoms with Gasteiger partial charge in [0.1, 0.15) is 11.8 Å². The van der Waals surface area contributed by atoms with Crippen LogP contribution in [0, 0.1) is 5.92 Å². The van der Waals surface area contributed by atoms with Crippen molar-refractivity contribution in [3.63, 3.8) is 0 Å². The summed E-state index contributed by atoms with van der Waals surface area (Å²) in [5, 5.41) is 3.52. The molecule has 6 heteroatoms. The highest BCUT2D eigenvalue weighted by molar-refractivity contribution is 9.10. The normalized spacial score (nSPS) is 18.6. The first-order valence-electron chi connectivity index (χ1n) is 6.87. The Morgan fingerprint density at radius 1 is 1.32 bits per heavy atom. The third-order valence-corrected chi connectivity index (χ3v) is 4.36. The van der Waals surface area contributed by atoms with E-state index >= 15 is 0 Å². The lowest BCUT2D eigenvalue weighted by Crippen LogP contribution is -2.28. The van der Waals surface area contributed by atoms with Gasteiger partial charge in [0.05, 0.1) is 0 Å². The van der Waals surface area contributed by atoms with E-state index in [2.05, 4.69) is 48.1 Å². The molecule has 0 radical (unpaired) electrons. The van der Waals surface area contributed by atoms with E-state index in [4.69, 9.17) is 0 Å². The molecular formula is C13H18BrN5. The second-order valence-electron chi connectivity index (χ2n) is 5.28. The van der Waals surface area contributed by atoms with E-state index in [1.807, 2.05) is 0 Å². The number of rotatable bonds is 3. The van der Waals surface area contributed by atoms with Gasteiger partial charge in [0.25, 0.3) is 0 Å². The SMILES string of the molecule is CC(Nc1ncnc2nc(Br)[nH]c12)C1CCCCC1. The predicted octanol–water partition coefficient (Wildman–Crippen LogP) is 3.50. The van der Waals surface area contributed by atoms with Gasteiger partial charge in [-0.1, -0.05) is 19.3 Å². The smallest absolute Gasteiger partial charge is 0.183 e. The maximum atomic E-state index is 4.34. The highest BCUT2D eigenvalue weighted by atomic mass is 79.9. The average molecular weight is 324 g/mol. The summed E-state index contributed by atoms with van der Waals surface area (Å²) in [4.78, 5) is 15.9. The first kappa shape index (κ1) is 12.8. The van der Waals surface area contributed by atoms with Gasteiger partial charge in [0.2, 0.25) is 0 Å². The molecule has 2 heterocycles. The Labute approximate surface area is 120 Å². The van der Waals surface area contributed by atoms with E-state index in [1.165, 1.54) is 32.1 Å². The third-order valence-electron chi connectivity index (χ3n) is 3.98. The van der Waals surface area contributed by atoms with Crippen molar-refractivity contribution in [2.24, 2.45) is 5.92 Å². The summed E-state index contributed by atoms with van der Waals surface area (Å²) in [5.74, 6) is 1.59. The molecule has 0 aliphatic heterocycles. The zero-order chi connectivity index (χ0) is 13.2. The molecule has 1 saturated carbocycles. The Morgan fingerprint density at radius 3 is 2.89 bits per heavy atom. The average Bonchev–Trinajstić information content (AvgIpc) is 2.81. The van der Waals surface area contributed by atoms with Crippen molar-refractivity contribution in [2.45, 2.75) is 45.1 Å². The highest BCUT2D eigenvalue weighted by Gasteiger charge is 2.21. The Hall–Kier alpha value is -1.17. The van der Waals surface area contributed by atoms with Crippen molar-refractivity contribution in [3.05, 3.63) is 11.1 Å². The van der Waals surface area contributed by atoms with Gasteiger partial charge in [-0.3, -0.25) is 0 Å². The van der Waals surface area contributed by atoms with Crippen LogP contribution in [0.5, 0.6) is 0 Å². The van der Waals surface area contributed by atoms with Crippen LogP contribution in [0.1, 0.15) is 39.0 Å². The van der Waals surface area contributed by atoms with Gasteiger partial charge in [-0.05, 0) is 41.6 Å². The van der Waals surface area contributed by atoms with Gasteiger partial charge in [-0.15, -0.1) is 0 Å². The molecular weight excluding hydrogens is 306 g/mol. The lowest BCUT2D eigenvalue weighted by molar-refractivity contribution is 0.328. The van der Waals surface area contributed by atoms with Crippen molar-refractivity contribution in [1.29, 1.82) is 0 Å². The van der Waals surface area contributed by atoms with Crippen LogP contribution < -0.4 is 5.32 Å². The minimum absolute atomic E-state index is 0.431. The maximum Gasteiger partial charge on any atom is 0.183 e. The summed E-state index contributed by atoms with van der Waals surface area (Å²) in [7, 11) is 0. The molecule has 1 fully saturated rings. The highest BCUT2D eigenvalue weighted by Crippen LogP contribution is 2.28. The van der Waals surface area contributed by atoms with Crippen molar-refractivity contribution < 1.29 is 0 Å². The van der Waals surface area contributed by atoms with Crippen LogP contribution in [-0.4, -0.2) is 26.0 Å². The van der Waals surface area contributed by atoms with E-state index in [1.54, 1.807) is 6.33 Å². The second-order valence-corrected chi connectivity index (χ2v) is 6.03. The van der Waals surface area contributed by atoms with Gasteiger partial charge in [-0.2, -0.15) is 0 Å². The monoisotopic (exact) mass is 323 g/mol. The number of H-pyrrole nitrogens is 1. The molecule has 1 atom stereocenters. The van der Waals surface area contributed by atoms with E-state index in [0.717, 1.165) is 17.3 Å². The van der Waals surface area contributed by atoms with Crippen LogP contribution in [0.2, 0.25) is 0 Å². The molecule has 1 unspecified atom stereocenters. The van der Waals surface area contributed by atoms with Gasteiger partial charge in [0.15, 0.2) is 16.2 Å². The number of halogens is 1. The zero-order valence-electron chi connectivity index (χ0n) is 11.0. The number of fused-ring (bicyclic) bond motifs is 1. The summed E-state index contributed by atoms with van der Waals surface area (Å²) in [5.41, 5.74) is 1.57.